The molecule has 2 rings (SSSR count). The molecule has 1 heterocycles. The Morgan fingerprint density at radius 2 is 2.16 bits per heavy atom. The van der Waals surface area contributed by atoms with E-state index in [1.165, 1.54) is 12.1 Å². The predicted molar refractivity (Wildman–Crippen MR) is 82.9 cm³/mol. The summed E-state index contributed by atoms with van der Waals surface area (Å²) in [4.78, 5) is 12.0. The molecule has 0 saturated heterocycles. The summed E-state index contributed by atoms with van der Waals surface area (Å²) in [6.07, 6.45) is -3.56. The standard InChI is InChI=1S/C15H11BrF3N3O3/c1-2-24-11-6-9(7-20)5-10(16)14(11)25-13(23)8-22-4-3-12(21-22)15(17,18)19/h3-6H,2,8H2,1H3. The molecule has 0 fully saturated rings. The predicted octanol–water partition coefficient (Wildman–Crippen LogP) is 3.54. The highest BCUT2D eigenvalue weighted by Crippen LogP contribution is 2.37. The van der Waals surface area contributed by atoms with Crippen LogP contribution in [0, 0.1) is 11.3 Å². The van der Waals surface area contributed by atoms with Crippen LogP contribution in [0.5, 0.6) is 11.5 Å². The summed E-state index contributed by atoms with van der Waals surface area (Å²) in [7, 11) is 0. The van der Waals surface area contributed by atoms with Crippen LogP contribution in [0.2, 0.25) is 0 Å². The van der Waals surface area contributed by atoms with Crippen LogP contribution in [-0.2, 0) is 17.5 Å². The summed E-state index contributed by atoms with van der Waals surface area (Å²) < 4.78 is 49.1. The molecule has 0 aliphatic carbocycles. The molecule has 0 aliphatic heterocycles. The molecule has 0 saturated carbocycles. The Labute approximate surface area is 148 Å². The second kappa shape index (κ2) is 7.57. The molecule has 6 nitrogen and oxygen atoms in total. The summed E-state index contributed by atoms with van der Waals surface area (Å²) in [6.45, 7) is 1.45. The van der Waals surface area contributed by atoms with Crippen LogP contribution in [0.1, 0.15) is 18.2 Å². The van der Waals surface area contributed by atoms with Gasteiger partial charge in [-0.1, -0.05) is 0 Å². The average molecular weight is 418 g/mol. The van der Waals surface area contributed by atoms with E-state index >= 15 is 0 Å². The van der Waals surface area contributed by atoms with Crippen LogP contribution in [0.4, 0.5) is 13.2 Å². The first-order valence-electron chi connectivity index (χ1n) is 6.92. The molecule has 0 N–H and O–H groups in total. The van der Waals surface area contributed by atoms with Crippen molar-refractivity contribution in [1.29, 1.82) is 5.26 Å². The summed E-state index contributed by atoms with van der Waals surface area (Å²) in [6, 6.07) is 5.52. The van der Waals surface area contributed by atoms with E-state index in [9.17, 15) is 18.0 Å². The number of nitriles is 1. The maximum atomic E-state index is 12.5. The molecule has 0 bridgehead atoms. The van der Waals surface area contributed by atoms with Crippen molar-refractivity contribution in [3.05, 3.63) is 40.1 Å². The Bertz CT molecular complexity index is 828. The van der Waals surface area contributed by atoms with Gasteiger partial charge >= 0.3 is 12.1 Å². The third-order valence-electron chi connectivity index (χ3n) is 2.88. The number of aromatic nitrogens is 2. The SMILES string of the molecule is CCOc1cc(C#N)cc(Br)c1OC(=O)Cn1ccc(C(F)(F)F)n1. The van der Waals surface area contributed by atoms with Gasteiger partial charge in [0.15, 0.2) is 17.2 Å². The number of halogens is 4. The van der Waals surface area contributed by atoms with E-state index in [0.717, 1.165) is 16.9 Å². The number of carbonyl (C=O) groups is 1. The molecule has 1 aromatic carbocycles. The first kappa shape index (κ1) is 18.8. The Kier molecular flexibility index (Phi) is 5.69. The van der Waals surface area contributed by atoms with Crippen LogP contribution >= 0.6 is 15.9 Å². The van der Waals surface area contributed by atoms with E-state index in [0.29, 0.717) is 4.47 Å². The number of carbonyl (C=O) groups excluding carboxylic acids is 1. The number of hydrogen-bond acceptors (Lipinski definition) is 5. The van der Waals surface area contributed by atoms with Gasteiger partial charge in [-0.25, -0.2) is 4.79 Å². The van der Waals surface area contributed by atoms with Crippen molar-refractivity contribution < 1.29 is 27.4 Å². The third-order valence-corrected chi connectivity index (χ3v) is 3.47. The fraction of sp³-hybridized carbons (Fsp3) is 0.267. The number of alkyl halides is 3. The van der Waals surface area contributed by atoms with E-state index in [1.807, 2.05) is 6.07 Å². The average Bonchev–Trinajstić information content (AvgIpc) is 2.99. The van der Waals surface area contributed by atoms with Crippen LogP contribution in [0.15, 0.2) is 28.9 Å². The first-order valence-corrected chi connectivity index (χ1v) is 7.71. The van der Waals surface area contributed by atoms with Crippen molar-refractivity contribution in [3.8, 4) is 17.6 Å². The van der Waals surface area contributed by atoms with Gasteiger partial charge in [-0.2, -0.15) is 23.5 Å². The minimum absolute atomic E-state index is 0.0362. The second-order valence-corrected chi connectivity index (χ2v) is 5.55. The highest BCUT2D eigenvalue weighted by molar-refractivity contribution is 9.10. The van der Waals surface area contributed by atoms with E-state index in [-0.39, 0.29) is 23.7 Å². The Balaban J connectivity index is 2.18. The minimum Gasteiger partial charge on any atom is -0.490 e. The second-order valence-electron chi connectivity index (χ2n) is 4.70. The van der Waals surface area contributed by atoms with E-state index < -0.39 is 24.4 Å². The summed E-state index contributed by atoms with van der Waals surface area (Å²) in [5.41, 5.74) is -0.813. The molecule has 0 aliphatic rings. The first-order chi connectivity index (χ1) is 11.7. The maximum Gasteiger partial charge on any atom is 0.435 e. The van der Waals surface area contributed by atoms with Crippen molar-refractivity contribution in [2.75, 3.05) is 6.61 Å². The molecule has 132 valence electrons. The van der Waals surface area contributed by atoms with Crippen LogP contribution < -0.4 is 9.47 Å². The fourth-order valence-corrected chi connectivity index (χ4v) is 2.40. The summed E-state index contributed by atoms with van der Waals surface area (Å²) >= 11 is 3.17. The number of rotatable bonds is 5. The zero-order valence-corrected chi connectivity index (χ0v) is 14.4. The lowest BCUT2D eigenvalue weighted by Crippen LogP contribution is -2.18. The van der Waals surface area contributed by atoms with Gasteiger partial charge in [0.2, 0.25) is 0 Å². The molecule has 0 unspecified atom stereocenters. The highest BCUT2D eigenvalue weighted by Gasteiger charge is 2.33. The van der Waals surface area contributed by atoms with Crippen molar-refractivity contribution in [2.24, 2.45) is 0 Å². The van der Waals surface area contributed by atoms with Gasteiger partial charge in [-0.05, 0) is 35.0 Å². The molecule has 2 aromatic rings. The minimum atomic E-state index is -4.59. The third kappa shape index (κ3) is 4.73. The van der Waals surface area contributed by atoms with E-state index in [2.05, 4.69) is 21.0 Å². The van der Waals surface area contributed by atoms with Crippen molar-refractivity contribution in [3.63, 3.8) is 0 Å². The topological polar surface area (TPSA) is 77.1 Å². The van der Waals surface area contributed by atoms with Gasteiger partial charge < -0.3 is 9.47 Å². The Morgan fingerprint density at radius 1 is 1.44 bits per heavy atom. The summed E-state index contributed by atoms with van der Waals surface area (Å²) in [5.74, 6) is -0.643. The Morgan fingerprint density at radius 3 is 2.72 bits per heavy atom. The Hall–Kier alpha value is -2.54. The van der Waals surface area contributed by atoms with E-state index in [4.69, 9.17) is 14.7 Å². The van der Waals surface area contributed by atoms with Crippen LogP contribution in [-0.4, -0.2) is 22.4 Å². The molecule has 0 spiro atoms. The fourth-order valence-electron chi connectivity index (χ4n) is 1.87. The number of benzene rings is 1. The quantitative estimate of drug-likeness (QED) is 0.549. The number of hydrogen-bond donors (Lipinski definition) is 0. The molecule has 25 heavy (non-hydrogen) atoms. The lowest BCUT2D eigenvalue weighted by molar-refractivity contribution is -0.142. The highest BCUT2D eigenvalue weighted by atomic mass is 79.9. The van der Waals surface area contributed by atoms with Gasteiger partial charge in [-0.3, -0.25) is 4.68 Å². The zero-order valence-electron chi connectivity index (χ0n) is 12.8. The maximum absolute atomic E-state index is 12.5. The summed E-state index contributed by atoms with van der Waals surface area (Å²) in [5, 5.41) is 12.2. The van der Waals surface area contributed by atoms with Gasteiger partial charge in [0.1, 0.15) is 6.54 Å². The largest absolute Gasteiger partial charge is 0.490 e. The van der Waals surface area contributed by atoms with Crippen molar-refractivity contribution in [2.45, 2.75) is 19.6 Å². The lowest BCUT2D eigenvalue weighted by Gasteiger charge is -2.13. The molecular weight excluding hydrogens is 407 g/mol. The van der Waals surface area contributed by atoms with Crippen LogP contribution in [0.25, 0.3) is 0 Å². The van der Waals surface area contributed by atoms with Gasteiger partial charge in [0.05, 0.1) is 22.7 Å². The normalized spacial score (nSPS) is 11.0. The van der Waals surface area contributed by atoms with Gasteiger partial charge in [-0.15, -0.1) is 0 Å². The van der Waals surface area contributed by atoms with Gasteiger partial charge in [0.25, 0.3) is 0 Å². The number of ether oxygens (including phenoxy) is 2. The number of esters is 1. The van der Waals surface area contributed by atoms with Crippen LogP contribution in [0.3, 0.4) is 0 Å². The number of nitrogens with zero attached hydrogens (tertiary/aromatic N) is 3. The van der Waals surface area contributed by atoms with Gasteiger partial charge in [0, 0.05) is 12.3 Å². The zero-order chi connectivity index (χ0) is 18.6. The molecule has 10 heteroatoms. The van der Waals surface area contributed by atoms with Crippen molar-refractivity contribution >= 4 is 21.9 Å². The van der Waals surface area contributed by atoms with E-state index in [1.54, 1.807) is 6.92 Å². The smallest absolute Gasteiger partial charge is 0.435 e. The molecular formula is C15H11BrF3N3O3. The molecule has 0 amide bonds. The molecule has 1 aromatic heterocycles. The molecule has 0 radical (unpaired) electrons. The molecule has 0 atom stereocenters. The lowest BCUT2D eigenvalue weighted by atomic mass is 10.2. The van der Waals surface area contributed by atoms with Crippen molar-refractivity contribution in [1.82, 2.24) is 9.78 Å². The monoisotopic (exact) mass is 417 g/mol.